The summed E-state index contributed by atoms with van der Waals surface area (Å²) in [5.74, 6) is 0.758. The van der Waals surface area contributed by atoms with Crippen LogP contribution in [0.4, 0.5) is 0 Å². The largest absolute Gasteiger partial charge is 0.380 e. The zero-order valence-corrected chi connectivity index (χ0v) is 11.4. The number of hydrogen-bond acceptors (Lipinski definition) is 3. The van der Waals surface area contributed by atoms with Gasteiger partial charge in [0, 0.05) is 19.7 Å². The highest BCUT2D eigenvalue weighted by Gasteiger charge is 2.39. The molecule has 2 fully saturated rings. The first-order chi connectivity index (χ1) is 7.95. The molecule has 0 saturated carbocycles. The summed E-state index contributed by atoms with van der Waals surface area (Å²) in [6.07, 6.45) is 3.29. The predicted octanol–water partition coefficient (Wildman–Crippen LogP) is 1.96. The highest BCUT2D eigenvalue weighted by atomic mass is 16.5. The van der Waals surface area contributed by atoms with Gasteiger partial charge in [-0.05, 0) is 30.7 Å². The summed E-state index contributed by atoms with van der Waals surface area (Å²) in [5, 5.41) is 0. The second-order valence-corrected chi connectivity index (χ2v) is 6.87. The van der Waals surface area contributed by atoms with Gasteiger partial charge in [0.2, 0.25) is 0 Å². The molecule has 0 aromatic rings. The predicted molar refractivity (Wildman–Crippen MR) is 67.9 cm³/mol. The first kappa shape index (κ1) is 13.0. The maximum absolute atomic E-state index is 11.3. The maximum atomic E-state index is 11.3. The van der Waals surface area contributed by atoms with E-state index in [1.165, 1.54) is 6.42 Å². The van der Waals surface area contributed by atoms with Gasteiger partial charge in [-0.15, -0.1) is 0 Å². The van der Waals surface area contributed by atoms with Gasteiger partial charge < -0.3 is 14.4 Å². The summed E-state index contributed by atoms with van der Waals surface area (Å²) >= 11 is 0. The number of nitrogens with zero attached hydrogens (tertiary/aromatic N) is 1. The minimum absolute atomic E-state index is 0.216. The molecule has 0 N–H and O–H groups in total. The molecule has 2 aliphatic heterocycles. The summed E-state index contributed by atoms with van der Waals surface area (Å²) < 4.78 is 5.40. The molecule has 2 heterocycles. The van der Waals surface area contributed by atoms with Crippen LogP contribution in [-0.4, -0.2) is 44.0 Å². The highest BCUT2D eigenvalue weighted by Crippen LogP contribution is 2.36. The van der Waals surface area contributed by atoms with E-state index in [0.29, 0.717) is 12.0 Å². The van der Waals surface area contributed by atoms with Crippen molar-refractivity contribution in [3.8, 4) is 0 Å². The molecule has 2 saturated heterocycles. The van der Waals surface area contributed by atoms with E-state index in [-0.39, 0.29) is 5.41 Å². The highest BCUT2D eigenvalue weighted by molar-refractivity contribution is 5.60. The van der Waals surface area contributed by atoms with Gasteiger partial charge in [-0.2, -0.15) is 0 Å². The Kier molecular flexibility index (Phi) is 3.60. The molecule has 17 heavy (non-hydrogen) atoms. The van der Waals surface area contributed by atoms with E-state index in [9.17, 15) is 4.79 Å². The zero-order valence-electron chi connectivity index (χ0n) is 11.4. The normalized spacial score (nSPS) is 35.4. The van der Waals surface area contributed by atoms with Crippen LogP contribution in [0.1, 0.15) is 33.6 Å². The molecule has 0 amide bonds. The second-order valence-electron chi connectivity index (χ2n) is 6.87. The molecule has 0 bridgehead atoms. The topological polar surface area (TPSA) is 29.5 Å². The molecule has 0 radical (unpaired) electrons. The van der Waals surface area contributed by atoms with Gasteiger partial charge in [0.15, 0.2) is 0 Å². The summed E-state index contributed by atoms with van der Waals surface area (Å²) in [7, 11) is 0. The Bertz CT molecular complexity index is 276. The lowest BCUT2D eigenvalue weighted by atomic mass is 9.80. The fraction of sp³-hybridized carbons (Fsp3) is 0.929. The standard InChI is InChI=1S/C14H25NO2/c1-13(2,3)12-4-6-15(8-12)9-14(10-16)5-7-17-11-14/h10,12H,4-9,11H2,1-3H3. The average molecular weight is 239 g/mol. The van der Waals surface area contributed by atoms with Gasteiger partial charge in [0.25, 0.3) is 0 Å². The van der Waals surface area contributed by atoms with Crippen LogP contribution in [-0.2, 0) is 9.53 Å². The van der Waals surface area contributed by atoms with Crippen LogP contribution in [0.25, 0.3) is 0 Å². The lowest BCUT2D eigenvalue weighted by Gasteiger charge is -2.30. The van der Waals surface area contributed by atoms with Crippen molar-refractivity contribution in [3.05, 3.63) is 0 Å². The Hall–Kier alpha value is -0.410. The lowest BCUT2D eigenvalue weighted by molar-refractivity contribution is -0.117. The Labute approximate surface area is 105 Å². The summed E-state index contributed by atoms with van der Waals surface area (Å²) in [6.45, 7) is 11.5. The first-order valence-corrected chi connectivity index (χ1v) is 6.72. The first-order valence-electron chi connectivity index (χ1n) is 6.72. The van der Waals surface area contributed by atoms with Crippen LogP contribution in [0.2, 0.25) is 0 Å². The third-order valence-corrected chi connectivity index (χ3v) is 4.42. The second kappa shape index (κ2) is 4.69. The van der Waals surface area contributed by atoms with Crippen molar-refractivity contribution in [2.24, 2.45) is 16.7 Å². The molecule has 0 aromatic heterocycles. The third-order valence-electron chi connectivity index (χ3n) is 4.42. The van der Waals surface area contributed by atoms with Gasteiger partial charge >= 0.3 is 0 Å². The van der Waals surface area contributed by atoms with Gasteiger partial charge in [0.1, 0.15) is 6.29 Å². The minimum Gasteiger partial charge on any atom is -0.380 e. The fourth-order valence-corrected chi connectivity index (χ4v) is 3.01. The molecule has 3 heteroatoms. The van der Waals surface area contributed by atoms with Crippen LogP contribution in [0.3, 0.4) is 0 Å². The minimum atomic E-state index is -0.216. The van der Waals surface area contributed by atoms with Crippen molar-refractivity contribution >= 4 is 6.29 Å². The van der Waals surface area contributed by atoms with E-state index in [2.05, 4.69) is 25.7 Å². The van der Waals surface area contributed by atoms with E-state index < -0.39 is 0 Å². The number of likely N-dealkylation sites (tertiary alicyclic amines) is 1. The third kappa shape index (κ3) is 2.89. The summed E-state index contributed by atoms with van der Waals surface area (Å²) in [6, 6.07) is 0. The monoisotopic (exact) mass is 239 g/mol. The molecule has 2 unspecified atom stereocenters. The lowest BCUT2D eigenvalue weighted by Crippen LogP contribution is -2.39. The van der Waals surface area contributed by atoms with Crippen molar-refractivity contribution in [2.75, 3.05) is 32.8 Å². The molecule has 0 aliphatic carbocycles. The van der Waals surface area contributed by atoms with Gasteiger partial charge in [-0.3, -0.25) is 0 Å². The van der Waals surface area contributed by atoms with Crippen LogP contribution >= 0.6 is 0 Å². The van der Waals surface area contributed by atoms with Crippen LogP contribution < -0.4 is 0 Å². The quantitative estimate of drug-likeness (QED) is 0.705. The van der Waals surface area contributed by atoms with E-state index in [1.54, 1.807) is 0 Å². The summed E-state index contributed by atoms with van der Waals surface area (Å²) in [4.78, 5) is 13.7. The van der Waals surface area contributed by atoms with Crippen molar-refractivity contribution in [1.29, 1.82) is 0 Å². The molecule has 98 valence electrons. The van der Waals surface area contributed by atoms with Gasteiger partial charge in [-0.25, -0.2) is 0 Å². The van der Waals surface area contributed by atoms with Crippen molar-refractivity contribution in [1.82, 2.24) is 4.90 Å². The summed E-state index contributed by atoms with van der Waals surface area (Å²) in [5.41, 5.74) is 0.169. The number of ether oxygens (including phenoxy) is 1. The Morgan fingerprint density at radius 3 is 2.71 bits per heavy atom. The van der Waals surface area contributed by atoms with E-state index in [4.69, 9.17) is 4.74 Å². The average Bonchev–Trinajstić information content (AvgIpc) is 2.87. The smallest absolute Gasteiger partial charge is 0.129 e. The molecule has 0 spiro atoms. The zero-order chi connectivity index (χ0) is 12.5. The number of carbonyl (C=O) groups is 1. The van der Waals surface area contributed by atoms with Gasteiger partial charge in [-0.1, -0.05) is 20.8 Å². The fourth-order valence-electron chi connectivity index (χ4n) is 3.01. The van der Waals surface area contributed by atoms with E-state index in [1.807, 2.05) is 0 Å². The Morgan fingerprint density at radius 2 is 2.24 bits per heavy atom. The number of rotatable bonds is 3. The van der Waals surface area contributed by atoms with Crippen LogP contribution in [0.15, 0.2) is 0 Å². The van der Waals surface area contributed by atoms with Crippen molar-refractivity contribution in [3.63, 3.8) is 0 Å². The SMILES string of the molecule is CC(C)(C)C1CCN(CC2(C=O)CCOC2)C1. The Morgan fingerprint density at radius 1 is 1.47 bits per heavy atom. The molecule has 2 atom stereocenters. The molecule has 0 aromatic carbocycles. The number of aldehydes is 1. The Balaban J connectivity index is 1.91. The molecular formula is C14H25NO2. The van der Waals surface area contributed by atoms with E-state index in [0.717, 1.165) is 44.9 Å². The van der Waals surface area contributed by atoms with E-state index >= 15 is 0 Å². The van der Waals surface area contributed by atoms with Crippen LogP contribution in [0, 0.1) is 16.7 Å². The molecule has 2 rings (SSSR count). The molecule has 3 nitrogen and oxygen atoms in total. The number of hydrogen-bond donors (Lipinski definition) is 0. The molecule has 2 aliphatic rings. The van der Waals surface area contributed by atoms with Crippen molar-refractivity contribution in [2.45, 2.75) is 33.6 Å². The molecular weight excluding hydrogens is 214 g/mol. The maximum Gasteiger partial charge on any atom is 0.129 e. The van der Waals surface area contributed by atoms with Gasteiger partial charge in [0.05, 0.1) is 12.0 Å². The number of carbonyl (C=O) groups excluding carboxylic acids is 1. The van der Waals surface area contributed by atoms with Crippen molar-refractivity contribution < 1.29 is 9.53 Å². The van der Waals surface area contributed by atoms with Crippen LogP contribution in [0.5, 0.6) is 0 Å².